The molecule has 0 saturated carbocycles. The predicted octanol–water partition coefficient (Wildman–Crippen LogP) is 2.74. The van der Waals surface area contributed by atoms with E-state index >= 15 is 0 Å². The van der Waals surface area contributed by atoms with Crippen LogP contribution in [0.15, 0.2) is 39.7 Å². The number of aromatic nitrogens is 1. The molecule has 0 aliphatic carbocycles. The Balaban J connectivity index is 2.44. The molecule has 0 saturated heterocycles. The fourth-order valence-corrected chi connectivity index (χ4v) is 1.61. The molecule has 0 bridgehead atoms. The van der Waals surface area contributed by atoms with Crippen molar-refractivity contribution in [2.45, 2.75) is 26.2 Å². The van der Waals surface area contributed by atoms with E-state index in [0.29, 0.717) is 5.76 Å². The minimum atomic E-state index is -0.370. The Bertz CT molecular complexity index is 585. The van der Waals surface area contributed by atoms with Gasteiger partial charge in [-0.3, -0.25) is 0 Å². The maximum atomic E-state index is 11.8. The van der Waals surface area contributed by atoms with Gasteiger partial charge in [0.25, 0.3) is 0 Å². The molecule has 18 heavy (non-hydrogen) atoms. The van der Waals surface area contributed by atoms with Crippen LogP contribution in [0, 0.1) is 0 Å². The van der Waals surface area contributed by atoms with Crippen LogP contribution >= 0.6 is 0 Å². The molecule has 0 spiro atoms. The molecule has 2 rings (SSSR count). The zero-order valence-corrected chi connectivity index (χ0v) is 11.1. The van der Waals surface area contributed by atoms with Crippen molar-refractivity contribution >= 4 is 0 Å². The smallest absolute Gasteiger partial charge is 0.423 e. The van der Waals surface area contributed by atoms with Gasteiger partial charge >= 0.3 is 5.76 Å². The molecular formula is C14H17NO3. The Hall–Kier alpha value is -1.97. The third kappa shape index (κ3) is 2.32. The van der Waals surface area contributed by atoms with Crippen LogP contribution in [-0.2, 0) is 5.41 Å². The van der Waals surface area contributed by atoms with Gasteiger partial charge in [0.05, 0.1) is 19.0 Å². The highest BCUT2D eigenvalue weighted by molar-refractivity contribution is 5.37. The summed E-state index contributed by atoms with van der Waals surface area (Å²) in [6.07, 6.45) is 1.74. The monoisotopic (exact) mass is 247 g/mol. The summed E-state index contributed by atoms with van der Waals surface area (Å²) >= 11 is 0. The summed E-state index contributed by atoms with van der Waals surface area (Å²) in [5, 5.41) is 0. The number of ether oxygens (including phenoxy) is 1. The summed E-state index contributed by atoms with van der Waals surface area (Å²) in [6.45, 7) is 6.01. The van der Waals surface area contributed by atoms with Crippen LogP contribution in [-0.4, -0.2) is 11.7 Å². The van der Waals surface area contributed by atoms with Gasteiger partial charge in [-0.25, -0.2) is 9.36 Å². The van der Waals surface area contributed by atoms with Gasteiger partial charge in [-0.15, -0.1) is 0 Å². The fraction of sp³-hybridized carbons (Fsp3) is 0.357. The molecule has 0 fully saturated rings. The summed E-state index contributed by atoms with van der Waals surface area (Å²) < 4.78 is 11.9. The van der Waals surface area contributed by atoms with Crippen LogP contribution in [0.4, 0.5) is 0 Å². The molecular weight excluding hydrogens is 230 g/mol. The average Bonchev–Trinajstić information content (AvgIpc) is 2.71. The number of hydrogen-bond donors (Lipinski definition) is 0. The van der Waals surface area contributed by atoms with Crippen LogP contribution in [0.1, 0.15) is 26.5 Å². The molecule has 4 nitrogen and oxygen atoms in total. The van der Waals surface area contributed by atoms with Crippen LogP contribution in [0.25, 0.3) is 5.69 Å². The van der Waals surface area contributed by atoms with Crippen LogP contribution in [0.5, 0.6) is 5.75 Å². The van der Waals surface area contributed by atoms with Gasteiger partial charge in [-0.2, -0.15) is 0 Å². The second-order valence-corrected chi connectivity index (χ2v) is 5.18. The van der Waals surface area contributed by atoms with Crippen molar-refractivity contribution in [3.8, 4) is 11.4 Å². The lowest BCUT2D eigenvalue weighted by Gasteiger charge is -2.12. The first-order valence-electron chi connectivity index (χ1n) is 5.79. The molecule has 4 heteroatoms. The first-order valence-corrected chi connectivity index (χ1v) is 5.79. The van der Waals surface area contributed by atoms with E-state index in [9.17, 15) is 4.79 Å². The first kappa shape index (κ1) is 12.5. The van der Waals surface area contributed by atoms with Crippen molar-refractivity contribution < 1.29 is 9.15 Å². The topological polar surface area (TPSA) is 44.4 Å². The Kier molecular flexibility index (Phi) is 3.03. The third-order valence-corrected chi connectivity index (χ3v) is 2.73. The summed E-state index contributed by atoms with van der Waals surface area (Å²) in [5.74, 6) is 1.06. The normalized spacial score (nSPS) is 11.6. The number of nitrogens with zero attached hydrogens (tertiary/aromatic N) is 1. The molecule has 0 unspecified atom stereocenters. The molecule has 1 aromatic carbocycles. The molecule has 2 aromatic rings. The van der Waals surface area contributed by atoms with Crippen molar-refractivity contribution in [3.05, 3.63) is 46.8 Å². The van der Waals surface area contributed by atoms with Crippen molar-refractivity contribution in [1.29, 1.82) is 0 Å². The van der Waals surface area contributed by atoms with E-state index in [0.717, 1.165) is 11.4 Å². The van der Waals surface area contributed by atoms with Crippen LogP contribution in [0.3, 0.4) is 0 Å². The SMILES string of the molecule is COc1ccc(-n2cc(C(C)(C)C)oc2=O)cc1. The minimum absolute atomic E-state index is 0.184. The second kappa shape index (κ2) is 4.37. The quantitative estimate of drug-likeness (QED) is 0.819. The lowest BCUT2D eigenvalue weighted by Crippen LogP contribution is -2.10. The molecule has 0 amide bonds. The van der Waals surface area contributed by atoms with Gasteiger partial charge in [-0.05, 0) is 24.3 Å². The highest BCUT2D eigenvalue weighted by atomic mass is 16.5. The highest BCUT2D eigenvalue weighted by Crippen LogP contribution is 2.22. The zero-order valence-electron chi connectivity index (χ0n) is 11.1. The van der Waals surface area contributed by atoms with E-state index in [2.05, 4.69) is 0 Å². The molecule has 0 radical (unpaired) electrons. The van der Waals surface area contributed by atoms with Gasteiger partial charge < -0.3 is 9.15 Å². The Morgan fingerprint density at radius 2 is 1.78 bits per heavy atom. The van der Waals surface area contributed by atoms with E-state index in [1.165, 1.54) is 4.57 Å². The second-order valence-electron chi connectivity index (χ2n) is 5.18. The van der Waals surface area contributed by atoms with Crippen molar-refractivity contribution in [2.75, 3.05) is 7.11 Å². The molecule has 1 aromatic heterocycles. The van der Waals surface area contributed by atoms with E-state index < -0.39 is 0 Å². The van der Waals surface area contributed by atoms with Crippen molar-refractivity contribution in [3.63, 3.8) is 0 Å². The molecule has 0 aliphatic rings. The number of methoxy groups -OCH3 is 1. The molecule has 0 aliphatic heterocycles. The largest absolute Gasteiger partial charge is 0.497 e. The standard InChI is InChI=1S/C14H17NO3/c1-14(2,3)12-9-15(13(16)18-12)10-5-7-11(17-4)8-6-10/h5-9H,1-4H3. The average molecular weight is 247 g/mol. The third-order valence-electron chi connectivity index (χ3n) is 2.73. The Morgan fingerprint density at radius 3 is 2.22 bits per heavy atom. The minimum Gasteiger partial charge on any atom is -0.497 e. The van der Waals surface area contributed by atoms with Crippen molar-refractivity contribution in [2.24, 2.45) is 0 Å². The molecule has 0 N–H and O–H groups in total. The molecule has 0 atom stereocenters. The maximum Gasteiger partial charge on any atom is 0.423 e. The van der Waals surface area contributed by atoms with E-state index in [1.807, 2.05) is 45.0 Å². The first-order chi connectivity index (χ1) is 8.41. The summed E-state index contributed by atoms with van der Waals surface area (Å²) in [5.41, 5.74) is 0.580. The summed E-state index contributed by atoms with van der Waals surface area (Å²) in [7, 11) is 1.61. The predicted molar refractivity (Wildman–Crippen MR) is 69.6 cm³/mol. The molecule has 1 heterocycles. The van der Waals surface area contributed by atoms with E-state index in [1.54, 1.807) is 13.3 Å². The highest BCUT2D eigenvalue weighted by Gasteiger charge is 2.20. The van der Waals surface area contributed by atoms with Gasteiger partial charge in [0.2, 0.25) is 0 Å². The van der Waals surface area contributed by atoms with Gasteiger partial charge in [0.1, 0.15) is 11.5 Å². The van der Waals surface area contributed by atoms with Gasteiger partial charge in [0.15, 0.2) is 0 Å². The van der Waals surface area contributed by atoms with Crippen molar-refractivity contribution in [1.82, 2.24) is 4.57 Å². The van der Waals surface area contributed by atoms with Crippen LogP contribution in [0.2, 0.25) is 0 Å². The number of oxazole rings is 1. The van der Waals surface area contributed by atoms with Gasteiger partial charge in [0, 0.05) is 5.41 Å². The van der Waals surface area contributed by atoms with Gasteiger partial charge in [-0.1, -0.05) is 20.8 Å². The fourth-order valence-electron chi connectivity index (χ4n) is 1.61. The summed E-state index contributed by atoms with van der Waals surface area (Å²) in [4.78, 5) is 11.8. The van der Waals surface area contributed by atoms with E-state index in [-0.39, 0.29) is 11.2 Å². The number of hydrogen-bond acceptors (Lipinski definition) is 3. The lowest BCUT2D eigenvalue weighted by molar-refractivity contribution is 0.385. The maximum absolute atomic E-state index is 11.8. The zero-order chi connectivity index (χ0) is 13.3. The van der Waals surface area contributed by atoms with E-state index in [4.69, 9.17) is 9.15 Å². The number of rotatable bonds is 2. The van der Waals surface area contributed by atoms with Crippen LogP contribution < -0.4 is 10.5 Å². The Labute approximate surface area is 106 Å². The molecule has 96 valence electrons. The number of benzene rings is 1. The Morgan fingerprint density at radius 1 is 1.17 bits per heavy atom. The summed E-state index contributed by atoms with van der Waals surface area (Å²) in [6, 6.07) is 7.27. The lowest BCUT2D eigenvalue weighted by atomic mass is 9.94.